The van der Waals surface area contributed by atoms with Crippen molar-refractivity contribution in [2.75, 3.05) is 4.90 Å². The van der Waals surface area contributed by atoms with Crippen LogP contribution in [0.2, 0.25) is 0 Å². The number of rotatable bonds is 4. The van der Waals surface area contributed by atoms with Gasteiger partial charge in [-0.15, -0.1) is 0 Å². The highest BCUT2D eigenvalue weighted by molar-refractivity contribution is 6.20. The fourth-order valence-electron chi connectivity index (χ4n) is 10.7. The SMILES string of the molecule is C1#CC2(Cc3ccccc31)Cc1cc3c(oc4cccc(c43)N(c3ccc(-c4ccc(C5=CC=CCC5)cc4)cc3)c3ccc2c(C2=CC4CC4C=C2)c3)c2ccccc12. The van der Waals surface area contributed by atoms with E-state index < -0.39 is 5.41 Å². The van der Waals surface area contributed by atoms with E-state index in [1.165, 1.54) is 61.9 Å². The topological polar surface area (TPSA) is 16.4 Å². The van der Waals surface area contributed by atoms with Gasteiger partial charge in [-0.05, 0) is 148 Å². The number of fused-ring (bicyclic) bond motifs is 6. The zero-order valence-electron chi connectivity index (χ0n) is 33.3. The van der Waals surface area contributed by atoms with Crippen molar-refractivity contribution in [3.8, 4) is 23.0 Å². The predicted octanol–water partition coefficient (Wildman–Crippen LogP) is 14.6. The molecule has 0 saturated heterocycles. The fourth-order valence-corrected chi connectivity index (χ4v) is 10.7. The van der Waals surface area contributed by atoms with Gasteiger partial charge in [0.2, 0.25) is 0 Å². The number of hydrogen-bond acceptors (Lipinski definition) is 2. The molecule has 0 N–H and O–H groups in total. The molecule has 2 nitrogen and oxygen atoms in total. The van der Waals surface area contributed by atoms with Gasteiger partial charge in [0.1, 0.15) is 11.2 Å². The Morgan fingerprint density at radius 1 is 0.667 bits per heavy atom. The van der Waals surface area contributed by atoms with E-state index in [0.717, 1.165) is 75.6 Å². The van der Waals surface area contributed by atoms with E-state index in [-0.39, 0.29) is 0 Å². The van der Waals surface area contributed by atoms with Gasteiger partial charge in [-0.1, -0.05) is 139 Å². The minimum atomic E-state index is -0.457. The molecule has 7 aromatic carbocycles. The monoisotopic (exact) mass is 767 g/mol. The highest BCUT2D eigenvalue weighted by Crippen LogP contribution is 2.51. The van der Waals surface area contributed by atoms with Crippen LogP contribution in [0.1, 0.15) is 52.6 Å². The van der Waals surface area contributed by atoms with Gasteiger partial charge in [0.15, 0.2) is 0 Å². The smallest absolute Gasteiger partial charge is 0.143 e. The van der Waals surface area contributed by atoms with Crippen LogP contribution in [-0.4, -0.2) is 0 Å². The summed E-state index contributed by atoms with van der Waals surface area (Å²) in [5.41, 5.74) is 17.5. The van der Waals surface area contributed by atoms with E-state index in [0.29, 0.717) is 11.8 Å². The number of anilines is 3. The summed E-state index contributed by atoms with van der Waals surface area (Å²) in [5, 5.41) is 4.65. The largest absolute Gasteiger partial charge is 0.455 e. The maximum Gasteiger partial charge on any atom is 0.143 e. The molecule has 60 heavy (non-hydrogen) atoms. The molecule has 3 unspecified atom stereocenters. The highest BCUT2D eigenvalue weighted by Gasteiger charge is 2.40. The van der Waals surface area contributed by atoms with Gasteiger partial charge in [-0.2, -0.15) is 0 Å². The predicted molar refractivity (Wildman–Crippen MR) is 249 cm³/mol. The molecular formula is C58H41NO. The average molecular weight is 768 g/mol. The number of furan rings is 1. The molecule has 6 aliphatic rings. The van der Waals surface area contributed by atoms with Crippen molar-refractivity contribution >= 4 is 60.9 Å². The molecule has 8 aromatic rings. The Bertz CT molecular complexity index is 3300. The molecule has 14 rings (SSSR count). The average Bonchev–Trinajstić information content (AvgIpc) is 4.00. The van der Waals surface area contributed by atoms with Crippen LogP contribution in [0.25, 0.3) is 55.0 Å². The Hall–Kier alpha value is -7.08. The molecule has 1 saturated carbocycles. The normalized spacial score (nSPS) is 20.8. The maximum atomic E-state index is 6.92. The van der Waals surface area contributed by atoms with E-state index in [9.17, 15) is 0 Å². The maximum absolute atomic E-state index is 6.92. The molecule has 1 fully saturated rings. The van der Waals surface area contributed by atoms with E-state index in [1.54, 1.807) is 0 Å². The number of benzene rings is 7. The molecule has 3 heterocycles. The van der Waals surface area contributed by atoms with Gasteiger partial charge in [0.05, 0.1) is 16.5 Å². The van der Waals surface area contributed by atoms with Crippen LogP contribution in [0.15, 0.2) is 180 Å². The van der Waals surface area contributed by atoms with Crippen LogP contribution in [0.3, 0.4) is 0 Å². The Labute approximate surface area is 350 Å². The standard InChI is InChI=1S/C58H41NO/c1-2-9-37(10-3-1)39-17-19-40(20-18-39)41-23-25-47(26-24-41)59-48-27-28-53(51(34-48)43-22-21-42-31-45(42)32-43)58(30-29-38-11-4-5-12-44(38)35-58)36-46-33-52-56-54(59)15-8-16-55(56)60-57(52)50-14-7-6-13-49(46)50/h1-2,4-9,11-28,32-34,42,45H,3,10,31,35-36H2. The molecule has 0 radical (unpaired) electrons. The molecule has 3 atom stereocenters. The Morgan fingerprint density at radius 3 is 2.30 bits per heavy atom. The lowest BCUT2D eigenvalue weighted by atomic mass is 9.66. The summed E-state index contributed by atoms with van der Waals surface area (Å²) in [6.07, 6.45) is 19.1. The van der Waals surface area contributed by atoms with Crippen LogP contribution in [0, 0.1) is 23.7 Å². The summed E-state index contributed by atoms with van der Waals surface area (Å²) >= 11 is 0. The van der Waals surface area contributed by atoms with Crippen molar-refractivity contribution in [2.24, 2.45) is 11.8 Å². The molecule has 1 aromatic heterocycles. The Morgan fingerprint density at radius 2 is 1.45 bits per heavy atom. The van der Waals surface area contributed by atoms with Crippen molar-refractivity contribution in [2.45, 2.75) is 37.5 Å². The lowest BCUT2D eigenvalue weighted by molar-refractivity contribution is 0.545. The van der Waals surface area contributed by atoms with Gasteiger partial charge >= 0.3 is 0 Å². The fraction of sp³-hybridized carbons (Fsp3) is 0.138. The second-order valence-electron chi connectivity index (χ2n) is 17.4. The van der Waals surface area contributed by atoms with Crippen LogP contribution >= 0.6 is 0 Å². The van der Waals surface area contributed by atoms with Gasteiger partial charge < -0.3 is 9.32 Å². The van der Waals surface area contributed by atoms with E-state index >= 15 is 0 Å². The third-order valence-electron chi connectivity index (χ3n) is 13.9. The minimum absolute atomic E-state index is 0.457. The second kappa shape index (κ2) is 13.0. The summed E-state index contributed by atoms with van der Waals surface area (Å²) in [5.74, 6) is 8.96. The quantitative estimate of drug-likeness (QED) is 0.166. The summed E-state index contributed by atoms with van der Waals surface area (Å²) in [4.78, 5) is 2.46. The molecule has 1 spiro atoms. The number of nitrogens with zero attached hydrogens (tertiary/aromatic N) is 1. The molecule has 4 aliphatic carbocycles. The van der Waals surface area contributed by atoms with Crippen LogP contribution in [0.5, 0.6) is 0 Å². The first-order valence-corrected chi connectivity index (χ1v) is 21.5. The van der Waals surface area contributed by atoms with Crippen LogP contribution in [0.4, 0.5) is 17.1 Å². The molecular weight excluding hydrogens is 727 g/mol. The molecule has 4 bridgehead atoms. The molecule has 2 aliphatic heterocycles. The Balaban J connectivity index is 1.06. The van der Waals surface area contributed by atoms with E-state index in [2.05, 4.69) is 193 Å². The summed E-state index contributed by atoms with van der Waals surface area (Å²) in [6.45, 7) is 0. The first-order chi connectivity index (χ1) is 29.7. The Kier molecular flexibility index (Phi) is 7.31. The highest BCUT2D eigenvalue weighted by atomic mass is 16.3. The van der Waals surface area contributed by atoms with Gasteiger partial charge in [-0.25, -0.2) is 0 Å². The first-order valence-electron chi connectivity index (χ1n) is 21.5. The lowest BCUT2D eigenvalue weighted by Crippen LogP contribution is -2.33. The number of hydrogen-bond donors (Lipinski definition) is 0. The van der Waals surface area contributed by atoms with E-state index in [4.69, 9.17) is 4.42 Å². The third kappa shape index (κ3) is 5.29. The molecule has 0 amide bonds. The minimum Gasteiger partial charge on any atom is -0.455 e. The van der Waals surface area contributed by atoms with Crippen molar-refractivity contribution in [1.29, 1.82) is 0 Å². The summed E-state index contributed by atoms with van der Waals surface area (Å²) in [7, 11) is 0. The zero-order valence-corrected chi connectivity index (χ0v) is 33.3. The van der Waals surface area contributed by atoms with Crippen LogP contribution in [-0.2, 0) is 18.3 Å². The van der Waals surface area contributed by atoms with Gasteiger partial charge in [0.25, 0.3) is 0 Å². The van der Waals surface area contributed by atoms with Crippen LogP contribution < -0.4 is 4.90 Å². The van der Waals surface area contributed by atoms with Crippen molar-refractivity contribution < 1.29 is 4.42 Å². The van der Waals surface area contributed by atoms with Crippen molar-refractivity contribution in [1.82, 2.24) is 0 Å². The summed E-state index contributed by atoms with van der Waals surface area (Å²) < 4.78 is 6.92. The second-order valence-corrected chi connectivity index (χ2v) is 17.4. The van der Waals surface area contributed by atoms with Crippen molar-refractivity contribution in [3.05, 3.63) is 209 Å². The summed E-state index contributed by atoms with van der Waals surface area (Å²) in [6, 6.07) is 52.0. The first kappa shape index (κ1) is 33.8. The van der Waals surface area contributed by atoms with Gasteiger partial charge in [0, 0.05) is 27.7 Å². The lowest BCUT2D eigenvalue weighted by Gasteiger charge is -2.36. The molecule has 284 valence electrons. The zero-order chi connectivity index (χ0) is 39.4. The number of allylic oxidation sites excluding steroid dienone is 8. The van der Waals surface area contributed by atoms with E-state index in [1.807, 2.05) is 0 Å². The third-order valence-corrected chi connectivity index (χ3v) is 13.9. The van der Waals surface area contributed by atoms with Gasteiger partial charge in [-0.3, -0.25) is 0 Å². The molecule has 2 heteroatoms. The van der Waals surface area contributed by atoms with Crippen molar-refractivity contribution in [3.63, 3.8) is 0 Å².